The molecule has 0 bridgehead atoms. The van der Waals surface area contributed by atoms with E-state index in [2.05, 4.69) is 10.0 Å². The van der Waals surface area contributed by atoms with Gasteiger partial charge in [0.1, 0.15) is 0 Å². The van der Waals surface area contributed by atoms with E-state index in [1.807, 2.05) is 20.8 Å². The minimum absolute atomic E-state index is 0.134. The monoisotopic (exact) mass is 143 g/mol. The maximum Gasteiger partial charge on any atom is 0.0598 e. The molecule has 0 fully saturated rings. The fourth-order valence-corrected chi connectivity index (χ4v) is 0.437. The van der Waals surface area contributed by atoms with Crippen molar-refractivity contribution < 1.29 is 4.74 Å². The van der Waals surface area contributed by atoms with Gasteiger partial charge in [-0.2, -0.15) is 0 Å². The fraction of sp³-hybridized carbons (Fsp3) is 1.00. The third-order valence-corrected chi connectivity index (χ3v) is 0.790. The fourth-order valence-electron chi connectivity index (χ4n) is 0.437. The van der Waals surface area contributed by atoms with Gasteiger partial charge in [-0.15, -0.1) is 0 Å². The Morgan fingerprint density at radius 2 is 2.10 bits per heavy atom. The molecule has 0 atom stereocenters. The van der Waals surface area contributed by atoms with Crippen LogP contribution < -0.4 is 0 Å². The van der Waals surface area contributed by atoms with Gasteiger partial charge < -0.3 is 4.74 Å². The molecule has 0 aliphatic heterocycles. The summed E-state index contributed by atoms with van der Waals surface area (Å²) >= 11 is 0. The molecule has 4 nitrogen and oxygen atoms in total. The first kappa shape index (κ1) is 9.27. The van der Waals surface area contributed by atoms with Crippen molar-refractivity contribution >= 4 is 0 Å². The summed E-state index contributed by atoms with van der Waals surface area (Å²) < 4.78 is 5.27. The third-order valence-electron chi connectivity index (χ3n) is 0.790. The molecule has 0 unspecified atom stereocenters. The van der Waals surface area contributed by atoms with Gasteiger partial charge in [0.2, 0.25) is 0 Å². The number of nitrogens with zero attached hydrogens (tertiary/aromatic N) is 3. The Kier molecular flexibility index (Phi) is 3.84. The Labute approximate surface area is 60.8 Å². The van der Waals surface area contributed by atoms with Crippen molar-refractivity contribution in [3.63, 3.8) is 0 Å². The van der Waals surface area contributed by atoms with Gasteiger partial charge in [0.15, 0.2) is 0 Å². The third kappa shape index (κ3) is 7.27. The maximum atomic E-state index is 7.90. The van der Waals surface area contributed by atoms with Crippen LogP contribution in [-0.2, 0) is 4.74 Å². The predicted octanol–water partition coefficient (Wildman–Crippen LogP) is 2.11. The van der Waals surface area contributed by atoms with Crippen LogP contribution in [0.15, 0.2) is 5.11 Å². The second-order valence-electron chi connectivity index (χ2n) is 2.92. The van der Waals surface area contributed by atoms with E-state index in [1.54, 1.807) is 0 Å². The van der Waals surface area contributed by atoms with E-state index in [0.717, 1.165) is 0 Å². The average molecular weight is 143 g/mol. The van der Waals surface area contributed by atoms with Crippen LogP contribution in [0.5, 0.6) is 0 Å². The van der Waals surface area contributed by atoms with Crippen molar-refractivity contribution in [1.82, 2.24) is 0 Å². The molecule has 0 aromatic rings. The van der Waals surface area contributed by atoms with E-state index in [-0.39, 0.29) is 5.60 Å². The van der Waals surface area contributed by atoms with Gasteiger partial charge >= 0.3 is 0 Å². The van der Waals surface area contributed by atoms with E-state index in [0.29, 0.717) is 13.2 Å². The molecule has 0 aromatic carbocycles. The van der Waals surface area contributed by atoms with Gasteiger partial charge in [-0.3, -0.25) is 0 Å². The standard InChI is InChI=1S/C6H13N3O/c1-6(2,3)10-5-4-8-9-7/h4-5H2,1-3H3. The summed E-state index contributed by atoms with van der Waals surface area (Å²) in [5.41, 5.74) is 7.76. The Bertz CT molecular complexity index is 132. The molecule has 58 valence electrons. The second-order valence-corrected chi connectivity index (χ2v) is 2.92. The van der Waals surface area contributed by atoms with Crippen LogP contribution in [0.4, 0.5) is 0 Å². The molecular weight excluding hydrogens is 130 g/mol. The first-order valence-electron chi connectivity index (χ1n) is 3.21. The summed E-state index contributed by atoms with van der Waals surface area (Å²) in [4.78, 5) is 2.60. The maximum absolute atomic E-state index is 7.90. The molecule has 4 heteroatoms. The lowest BCUT2D eigenvalue weighted by Crippen LogP contribution is -2.20. The topological polar surface area (TPSA) is 58.0 Å². The number of ether oxygens (including phenoxy) is 1. The normalized spacial score (nSPS) is 10.7. The summed E-state index contributed by atoms with van der Waals surface area (Å²) in [5.74, 6) is 0. The molecule has 0 aromatic heterocycles. The summed E-state index contributed by atoms with van der Waals surface area (Å²) in [6.45, 7) is 6.79. The zero-order valence-corrected chi connectivity index (χ0v) is 6.66. The summed E-state index contributed by atoms with van der Waals surface area (Å²) in [7, 11) is 0. The van der Waals surface area contributed by atoms with E-state index >= 15 is 0 Å². The summed E-state index contributed by atoms with van der Waals surface area (Å²) in [6.07, 6.45) is 0. The zero-order chi connectivity index (χ0) is 8.04. The number of hydrogen-bond acceptors (Lipinski definition) is 2. The molecule has 0 saturated carbocycles. The SMILES string of the molecule is CC(C)(C)OCCN=[N+]=[N-]. The molecule has 10 heavy (non-hydrogen) atoms. The lowest BCUT2D eigenvalue weighted by Gasteiger charge is -2.18. The predicted molar refractivity (Wildman–Crippen MR) is 39.7 cm³/mol. The van der Waals surface area contributed by atoms with Crippen LogP contribution in [0.2, 0.25) is 0 Å². The molecule has 0 rings (SSSR count). The van der Waals surface area contributed by atoms with Crippen molar-refractivity contribution in [3.05, 3.63) is 10.4 Å². The highest BCUT2D eigenvalue weighted by atomic mass is 16.5. The van der Waals surface area contributed by atoms with E-state index in [9.17, 15) is 0 Å². The molecule has 0 saturated heterocycles. The average Bonchev–Trinajstić information content (AvgIpc) is 1.78. The highest BCUT2D eigenvalue weighted by Gasteiger charge is 2.07. The van der Waals surface area contributed by atoms with Crippen molar-refractivity contribution in [2.75, 3.05) is 13.2 Å². The van der Waals surface area contributed by atoms with Crippen molar-refractivity contribution in [3.8, 4) is 0 Å². The van der Waals surface area contributed by atoms with Crippen LogP contribution in [0.1, 0.15) is 20.8 Å². The van der Waals surface area contributed by atoms with E-state index in [1.165, 1.54) is 0 Å². The quantitative estimate of drug-likeness (QED) is 0.258. The largest absolute Gasteiger partial charge is 0.376 e. The Morgan fingerprint density at radius 3 is 2.50 bits per heavy atom. The van der Waals surface area contributed by atoms with Crippen LogP contribution in [0.3, 0.4) is 0 Å². The number of azide groups is 1. The van der Waals surface area contributed by atoms with Gasteiger partial charge in [-0.25, -0.2) is 0 Å². The van der Waals surface area contributed by atoms with Crippen LogP contribution in [0, 0.1) is 0 Å². The first-order valence-corrected chi connectivity index (χ1v) is 3.21. The van der Waals surface area contributed by atoms with Gasteiger partial charge in [0, 0.05) is 11.5 Å². The molecular formula is C6H13N3O. The minimum Gasteiger partial charge on any atom is -0.376 e. The zero-order valence-electron chi connectivity index (χ0n) is 6.66. The van der Waals surface area contributed by atoms with Gasteiger partial charge in [-0.05, 0) is 26.3 Å². The smallest absolute Gasteiger partial charge is 0.0598 e. The minimum atomic E-state index is -0.134. The van der Waals surface area contributed by atoms with E-state index < -0.39 is 0 Å². The first-order chi connectivity index (χ1) is 4.56. The molecule has 0 aliphatic carbocycles. The molecule has 0 heterocycles. The molecule has 0 radical (unpaired) electrons. The highest BCUT2D eigenvalue weighted by molar-refractivity contribution is 4.58. The Balaban J connectivity index is 3.28. The molecule has 0 spiro atoms. The van der Waals surface area contributed by atoms with Crippen LogP contribution in [-0.4, -0.2) is 18.8 Å². The number of rotatable bonds is 3. The number of hydrogen-bond donors (Lipinski definition) is 0. The molecule has 0 N–H and O–H groups in total. The molecule has 0 aliphatic rings. The molecule has 0 amide bonds. The van der Waals surface area contributed by atoms with Gasteiger partial charge in [0.25, 0.3) is 0 Å². The summed E-state index contributed by atoms with van der Waals surface area (Å²) in [6, 6.07) is 0. The second kappa shape index (κ2) is 4.14. The Hall–Kier alpha value is -0.730. The highest BCUT2D eigenvalue weighted by Crippen LogP contribution is 2.05. The van der Waals surface area contributed by atoms with Crippen molar-refractivity contribution in [2.45, 2.75) is 26.4 Å². The van der Waals surface area contributed by atoms with Crippen LogP contribution in [0.25, 0.3) is 10.4 Å². The van der Waals surface area contributed by atoms with Crippen LogP contribution >= 0.6 is 0 Å². The van der Waals surface area contributed by atoms with Gasteiger partial charge in [0.05, 0.1) is 12.2 Å². The van der Waals surface area contributed by atoms with Crippen molar-refractivity contribution in [1.29, 1.82) is 0 Å². The van der Waals surface area contributed by atoms with Crippen molar-refractivity contribution in [2.24, 2.45) is 5.11 Å². The summed E-state index contributed by atoms with van der Waals surface area (Å²) in [5, 5.41) is 3.33. The van der Waals surface area contributed by atoms with Gasteiger partial charge in [-0.1, -0.05) is 5.11 Å². The Morgan fingerprint density at radius 1 is 1.50 bits per heavy atom. The lowest BCUT2D eigenvalue weighted by atomic mass is 10.2. The lowest BCUT2D eigenvalue weighted by molar-refractivity contribution is 0.00200. The van der Waals surface area contributed by atoms with E-state index in [4.69, 9.17) is 10.3 Å².